The van der Waals surface area contributed by atoms with Crippen LogP contribution in [0.3, 0.4) is 0 Å². The molecule has 24 heteroatoms. The fraction of sp³-hybridized carbons (Fsp3) is 1.00. The molecule has 0 aromatic rings. The van der Waals surface area contributed by atoms with Gasteiger partial charge in [-0.3, -0.25) is 0 Å². The highest BCUT2D eigenvalue weighted by atomic mass is 35.7. The Morgan fingerprint density at radius 2 is 0.425 bits per heavy atom. The summed E-state index contributed by atoms with van der Waals surface area (Å²) < 4.78 is 131. The molecule has 0 aromatic heterocycles. The lowest BCUT2D eigenvalue weighted by Crippen LogP contribution is -2.58. The van der Waals surface area contributed by atoms with E-state index in [1.54, 1.807) is 0 Å². The summed E-state index contributed by atoms with van der Waals surface area (Å²) in [6.45, 7) is 11.9. The average Bonchev–Trinajstić information content (AvgIpc) is 2.67. The van der Waals surface area contributed by atoms with E-state index < -0.39 is 41.0 Å². The largest absolute Gasteiger partial charge is 0.330 e. The molecule has 0 amide bonds. The van der Waals surface area contributed by atoms with Crippen molar-refractivity contribution in [3.8, 4) is 0 Å². The molecule has 0 atom stereocenters. The summed E-state index contributed by atoms with van der Waals surface area (Å²) in [4.78, 5) is 0. The summed E-state index contributed by atoms with van der Waals surface area (Å²) in [5.74, 6) is 0. The van der Waals surface area contributed by atoms with Gasteiger partial charge in [0.05, 0.1) is 59.6 Å². The highest BCUT2D eigenvalue weighted by molar-refractivity contribution is 4.30. The van der Waals surface area contributed by atoms with Gasteiger partial charge in [-0.2, -0.15) is 55.9 Å². The maximum atomic E-state index is 8.60. The van der Waals surface area contributed by atoms with Gasteiger partial charge in [-0.15, -0.1) is 0 Å². The quantitative estimate of drug-likeness (QED) is 0.117. The summed E-state index contributed by atoms with van der Waals surface area (Å²) in [6, 6.07) is 0. The highest BCUT2D eigenvalue weighted by Gasteiger charge is 2.00. The Hall–Kier alpha value is 0.360. The Kier molecular flexibility index (Phi) is 65.4. The molecule has 0 aromatic carbocycles. The van der Waals surface area contributed by atoms with Crippen molar-refractivity contribution in [2.75, 3.05) is 26.2 Å². The highest BCUT2D eigenvalue weighted by Crippen LogP contribution is 1.78. The predicted octanol–water partition coefficient (Wildman–Crippen LogP) is -13.5. The second-order valence-corrected chi connectivity index (χ2v) is 9.32. The Morgan fingerprint density at radius 3 is 0.425 bits per heavy atom. The van der Waals surface area contributed by atoms with E-state index in [1.807, 2.05) is 0 Å². The number of unbranched alkanes of at least 4 members (excludes halogenated alkanes) is 4. The van der Waals surface area contributed by atoms with Crippen molar-refractivity contribution < 1.29 is 116 Å². The predicted molar refractivity (Wildman–Crippen MR) is 105 cm³/mol. The standard InChI is InChI=1S/4C4H11N.4ClHO4/c4*1-2-3-4-5;4*2-1(3,4)5/h4*2-5H2,1H3;4*(H,2,3,4,5). The lowest BCUT2D eigenvalue weighted by molar-refractivity contribution is -1.92. The van der Waals surface area contributed by atoms with Crippen molar-refractivity contribution in [1.29, 1.82) is 0 Å². The molecule has 0 aliphatic heterocycles. The van der Waals surface area contributed by atoms with Gasteiger partial charge in [0.1, 0.15) is 0 Å². The third-order valence-electron chi connectivity index (χ3n) is 2.23. The molecule has 0 fully saturated rings. The Morgan fingerprint density at radius 1 is 0.350 bits per heavy atom. The monoisotopic (exact) mass is 692 g/mol. The molecule has 0 spiro atoms. The smallest absolute Gasteiger partial charge is 0.0777 e. The molecule has 40 heavy (non-hydrogen) atoms. The molecule has 0 rings (SSSR count). The average molecular weight is 694 g/mol. The van der Waals surface area contributed by atoms with Crippen molar-refractivity contribution in [2.45, 2.75) is 79.1 Å². The van der Waals surface area contributed by atoms with Crippen molar-refractivity contribution in [2.24, 2.45) is 22.9 Å². The minimum Gasteiger partial charge on any atom is -0.330 e. The van der Waals surface area contributed by atoms with Gasteiger partial charge in [-0.25, -0.2) is 0 Å². The first kappa shape index (κ1) is 59.7. The maximum absolute atomic E-state index is 8.60. The molecule has 0 saturated heterocycles. The van der Waals surface area contributed by atoms with Gasteiger partial charge >= 0.3 is 0 Å². The minimum absolute atomic E-state index is 0.844. The summed E-state index contributed by atoms with van der Waals surface area (Å²) in [5.41, 5.74) is 20.6. The number of hydrogen-bond donors (Lipinski definition) is 8. The van der Waals surface area contributed by atoms with E-state index in [1.165, 1.54) is 51.4 Å². The van der Waals surface area contributed by atoms with Crippen LogP contribution in [0.1, 0.15) is 79.1 Å². The first-order valence-electron chi connectivity index (χ1n) is 11.0. The number of nitrogens with two attached hydrogens (primary N) is 4. The van der Waals surface area contributed by atoms with Crippen LogP contribution < -0.4 is 78.8 Å². The van der Waals surface area contributed by atoms with E-state index in [0.717, 1.165) is 26.2 Å². The van der Waals surface area contributed by atoms with Gasteiger partial charge in [-0.05, 0) is 51.9 Å². The lowest BCUT2D eigenvalue weighted by atomic mass is 10.3. The van der Waals surface area contributed by atoms with Crippen LogP contribution >= 0.6 is 0 Å². The lowest BCUT2D eigenvalue weighted by Gasteiger charge is -2.03. The fourth-order valence-electron chi connectivity index (χ4n) is 0.816. The molecular formula is C16H48Cl4N4O16. The molecule has 0 aliphatic carbocycles. The molecule has 12 N–H and O–H groups in total. The fourth-order valence-corrected chi connectivity index (χ4v) is 0.816. The van der Waals surface area contributed by atoms with Crippen molar-refractivity contribution in [3.63, 3.8) is 0 Å². The minimum atomic E-state index is -4.69. The number of hydrogen-bond acceptors (Lipinski definition) is 20. The molecule has 0 aliphatic rings. The van der Waals surface area contributed by atoms with E-state index in [4.69, 9.17) is 97.5 Å². The van der Waals surface area contributed by atoms with Crippen LogP contribution in [0, 0.1) is 41.0 Å². The SMILES string of the molecule is CCCCN.CCCCN.CCCCN.CCCCN.[O-][Cl+3]([O-])([O-])O.[O-][Cl+3]([O-])([O-])O.[O-][Cl+3]([O-])([O-])O.[O-][Cl+3]([O-])([O-])O. The molecule has 0 heterocycles. The molecule has 0 unspecified atom stereocenters. The normalized spacial score (nSPS) is 10.2. The molecule has 256 valence electrons. The number of halogens is 4. The first-order chi connectivity index (χ1) is 17.7. The van der Waals surface area contributed by atoms with Crippen LogP contribution in [0.25, 0.3) is 0 Å². The second kappa shape index (κ2) is 43.8. The summed E-state index contributed by atoms with van der Waals surface area (Å²) >= 11 is 0. The van der Waals surface area contributed by atoms with Crippen molar-refractivity contribution in [3.05, 3.63) is 0 Å². The third-order valence-corrected chi connectivity index (χ3v) is 2.23. The van der Waals surface area contributed by atoms with E-state index in [-0.39, 0.29) is 0 Å². The topological polar surface area (TPSA) is 462 Å². The van der Waals surface area contributed by atoms with Crippen LogP contribution in [0.2, 0.25) is 0 Å². The summed E-state index contributed by atoms with van der Waals surface area (Å²) in [6.07, 6.45) is 9.54. The van der Waals surface area contributed by atoms with E-state index in [0.29, 0.717) is 0 Å². The van der Waals surface area contributed by atoms with Crippen LogP contribution in [0.15, 0.2) is 0 Å². The second-order valence-electron chi connectivity index (χ2n) is 6.15. The number of rotatable bonds is 8. The van der Waals surface area contributed by atoms with Crippen molar-refractivity contribution >= 4 is 0 Å². The Labute approximate surface area is 243 Å². The molecular weight excluding hydrogens is 646 g/mol. The molecule has 0 radical (unpaired) electrons. The van der Waals surface area contributed by atoms with E-state index >= 15 is 0 Å². The van der Waals surface area contributed by atoms with E-state index in [2.05, 4.69) is 27.7 Å². The van der Waals surface area contributed by atoms with Gasteiger partial charge in [-0.1, -0.05) is 53.4 Å². The van der Waals surface area contributed by atoms with Gasteiger partial charge < -0.3 is 22.9 Å². The zero-order valence-electron chi connectivity index (χ0n) is 23.0. The summed E-state index contributed by atoms with van der Waals surface area (Å²) in [5, 5.41) is 0. The maximum Gasteiger partial charge on any atom is 0.0777 e. The van der Waals surface area contributed by atoms with Crippen LogP contribution in [0.5, 0.6) is 0 Å². The van der Waals surface area contributed by atoms with Gasteiger partial charge in [0.25, 0.3) is 0 Å². The van der Waals surface area contributed by atoms with Crippen molar-refractivity contribution in [1.82, 2.24) is 0 Å². The molecule has 0 bridgehead atoms. The van der Waals surface area contributed by atoms with Gasteiger partial charge in [0.15, 0.2) is 0 Å². The Balaban J connectivity index is -0.0000000488. The van der Waals surface area contributed by atoms with Crippen LogP contribution in [0.4, 0.5) is 0 Å². The molecule has 0 saturated carbocycles. The zero-order chi connectivity index (χ0) is 34.5. The summed E-state index contributed by atoms with van der Waals surface area (Å²) in [7, 11) is -18.8. The van der Waals surface area contributed by atoms with Gasteiger partial charge in [0, 0.05) is 0 Å². The van der Waals surface area contributed by atoms with Crippen LogP contribution in [-0.4, -0.2) is 44.8 Å². The van der Waals surface area contributed by atoms with E-state index in [9.17, 15) is 0 Å². The van der Waals surface area contributed by atoms with Crippen LogP contribution in [-0.2, 0) is 0 Å². The van der Waals surface area contributed by atoms with Gasteiger partial charge in [0.2, 0.25) is 0 Å². The zero-order valence-corrected chi connectivity index (χ0v) is 26.0. The third kappa shape index (κ3) is 766. The Bertz CT molecular complexity index is 299. The first-order valence-corrected chi connectivity index (χ1v) is 16.0. The molecule has 20 nitrogen and oxygen atoms in total.